The lowest BCUT2D eigenvalue weighted by atomic mass is 9.96. The van der Waals surface area contributed by atoms with Gasteiger partial charge in [0.1, 0.15) is 5.69 Å². The Balaban J connectivity index is 1.75. The zero-order chi connectivity index (χ0) is 23.6. The van der Waals surface area contributed by atoms with Gasteiger partial charge < -0.3 is 10.5 Å². The summed E-state index contributed by atoms with van der Waals surface area (Å²) in [7, 11) is -3.41. The number of primary amides is 1. The number of hydrogen-bond donors (Lipinski definition) is 2. The van der Waals surface area contributed by atoms with Gasteiger partial charge in [0.15, 0.2) is 5.01 Å². The molecule has 12 heteroatoms. The van der Waals surface area contributed by atoms with Gasteiger partial charge in [0, 0.05) is 12.1 Å². The van der Waals surface area contributed by atoms with E-state index in [2.05, 4.69) is 24.7 Å². The number of amides is 1. The van der Waals surface area contributed by atoms with Crippen LogP contribution in [0.5, 0.6) is 5.88 Å². The molecule has 0 aliphatic heterocycles. The summed E-state index contributed by atoms with van der Waals surface area (Å²) in [5, 5.41) is -0.191. The standard InChI is InChI=1S/C21H24N6O4S2/c1-3-14(15-9-12(7-8-24-15)27-33(29,30)13-5-6-13)18-19(32-21(26-18)20(22)28)16-10-23-11-17(25-16)31-4-2/h7-11,13-14H,3-6H2,1-2H3,(H2,22,28)(H,24,27)/t14-/m0/s1. The number of carbonyl (C=O) groups is 1. The predicted molar refractivity (Wildman–Crippen MR) is 125 cm³/mol. The Morgan fingerprint density at radius 3 is 2.76 bits per heavy atom. The SMILES string of the molecule is CCOc1cncc(-c2sc(C(N)=O)nc2[C@@H](CC)c2cc(NS(=O)(=O)C3CC3)ccn2)n1. The van der Waals surface area contributed by atoms with Crippen LogP contribution in [-0.2, 0) is 10.0 Å². The van der Waals surface area contributed by atoms with Crippen LogP contribution in [0, 0.1) is 0 Å². The number of rotatable bonds is 10. The van der Waals surface area contributed by atoms with Crippen molar-refractivity contribution in [3.05, 3.63) is 47.1 Å². The fourth-order valence-corrected chi connectivity index (χ4v) is 5.71. The van der Waals surface area contributed by atoms with Gasteiger partial charge in [-0.1, -0.05) is 6.92 Å². The Labute approximate surface area is 195 Å². The van der Waals surface area contributed by atoms with Gasteiger partial charge in [-0.05, 0) is 38.3 Å². The van der Waals surface area contributed by atoms with Crippen LogP contribution in [-0.4, -0.2) is 46.1 Å². The normalized spacial score (nSPS) is 14.6. The van der Waals surface area contributed by atoms with Crippen LogP contribution in [0.25, 0.3) is 10.6 Å². The first-order valence-corrected chi connectivity index (χ1v) is 12.9. The number of thiazole rings is 1. The van der Waals surface area contributed by atoms with E-state index in [1.807, 2.05) is 13.8 Å². The van der Waals surface area contributed by atoms with Crippen LogP contribution in [0.3, 0.4) is 0 Å². The second-order valence-corrected chi connectivity index (χ2v) is 10.5. The minimum absolute atomic E-state index is 0.146. The molecule has 0 unspecified atom stereocenters. The number of nitrogens with zero attached hydrogens (tertiary/aromatic N) is 4. The number of anilines is 1. The molecular formula is C21H24N6O4S2. The van der Waals surface area contributed by atoms with E-state index in [-0.39, 0.29) is 16.2 Å². The highest BCUT2D eigenvalue weighted by atomic mass is 32.2. The molecule has 4 rings (SSSR count). The summed E-state index contributed by atoms with van der Waals surface area (Å²) < 4.78 is 32.8. The lowest BCUT2D eigenvalue weighted by molar-refractivity contribution is 0.0999. The smallest absolute Gasteiger partial charge is 0.277 e. The van der Waals surface area contributed by atoms with Crippen molar-refractivity contribution in [1.29, 1.82) is 0 Å². The topological polar surface area (TPSA) is 150 Å². The van der Waals surface area contributed by atoms with Crippen molar-refractivity contribution in [2.24, 2.45) is 5.73 Å². The maximum atomic E-state index is 12.4. The van der Waals surface area contributed by atoms with Crippen molar-refractivity contribution < 1.29 is 17.9 Å². The molecule has 3 N–H and O–H groups in total. The molecule has 1 fully saturated rings. The molecule has 3 heterocycles. The fraction of sp³-hybridized carbons (Fsp3) is 0.381. The summed E-state index contributed by atoms with van der Waals surface area (Å²) >= 11 is 1.13. The number of ether oxygens (including phenoxy) is 1. The second-order valence-electron chi connectivity index (χ2n) is 7.55. The molecular weight excluding hydrogens is 464 g/mol. The summed E-state index contributed by atoms with van der Waals surface area (Å²) in [6.45, 7) is 4.24. The van der Waals surface area contributed by atoms with Crippen molar-refractivity contribution >= 4 is 33.0 Å². The van der Waals surface area contributed by atoms with Gasteiger partial charge in [-0.2, -0.15) is 0 Å². The molecule has 0 saturated heterocycles. The molecule has 1 saturated carbocycles. The molecule has 0 aromatic carbocycles. The molecule has 3 aromatic rings. The summed E-state index contributed by atoms with van der Waals surface area (Å²) in [5.74, 6) is -0.611. The highest BCUT2D eigenvalue weighted by Gasteiger charge is 2.36. The van der Waals surface area contributed by atoms with E-state index in [1.54, 1.807) is 24.5 Å². The summed E-state index contributed by atoms with van der Waals surface area (Å²) in [4.78, 5) is 30.2. The van der Waals surface area contributed by atoms with Crippen molar-refractivity contribution in [3.8, 4) is 16.5 Å². The highest BCUT2D eigenvalue weighted by Crippen LogP contribution is 2.38. The number of carbonyl (C=O) groups excluding carboxylic acids is 1. The number of aromatic nitrogens is 4. The minimum atomic E-state index is -3.41. The number of nitrogens with two attached hydrogens (primary N) is 1. The molecule has 0 spiro atoms. The van der Waals surface area contributed by atoms with Gasteiger partial charge in [-0.3, -0.25) is 19.5 Å². The molecule has 1 amide bonds. The van der Waals surface area contributed by atoms with Gasteiger partial charge in [0.2, 0.25) is 15.9 Å². The predicted octanol–water partition coefficient (Wildman–Crippen LogP) is 2.94. The van der Waals surface area contributed by atoms with Crippen LogP contribution >= 0.6 is 11.3 Å². The third-order valence-corrected chi connectivity index (χ3v) is 8.08. The molecule has 174 valence electrons. The van der Waals surface area contributed by atoms with Gasteiger partial charge >= 0.3 is 0 Å². The zero-order valence-corrected chi connectivity index (χ0v) is 19.8. The summed E-state index contributed by atoms with van der Waals surface area (Å²) in [6, 6.07) is 3.31. The maximum Gasteiger partial charge on any atom is 0.277 e. The van der Waals surface area contributed by atoms with Gasteiger partial charge in [-0.25, -0.2) is 18.4 Å². The molecule has 3 aromatic heterocycles. The van der Waals surface area contributed by atoms with E-state index < -0.39 is 15.9 Å². The van der Waals surface area contributed by atoms with E-state index in [1.165, 1.54) is 6.20 Å². The van der Waals surface area contributed by atoms with E-state index in [9.17, 15) is 13.2 Å². The summed E-state index contributed by atoms with van der Waals surface area (Å²) in [6.07, 6.45) is 6.58. The van der Waals surface area contributed by atoms with Crippen LogP contribution in [0.2, 0.25) is 0 Å². The molecule has 1 aliphatic carbocycles. The van der Waals surface area contributed by atoms with Gasteiger partial charge in [-0.15, -0.1) is 11.3 Å². The average molecular weight is 489 g/mol. The quantitative estimate of drug-likeness (QED) is 0.442. The fourth-order valence-electron chi connectivity index (χ4n) is 3.40. The number of nitrogens with one attached hydrogen (secondary N) is 1. The highest BCUT2D eigenvalue weighted by molar-refractivity contribution is 7.93. The Morgan fingerprint density at radius 1 is 1.30 bits per heavy atom. The van der Waals surface area contributed by atoms with E-state index in [4.69, 9.17) is 10.5 Å². The minimum Gasteiger partial charge on any atom is -0.477 e. The van der Waals surface area contributed by atoms with Crippen LogP contribution in [0.15, 0.2) is 30.7 Å². The number of sulfonamides is 1. The Bertz CT molecular complexity index is 1270. The van der Waals surface area contributed by atoms with Crippen LogP contribution in [0.1, 0.15) is 60.2 Å². The molecule has 0 radical (unpaired) electrons. The zero-order valence-electron chi connectivity index (χ0n) is 18.2. The van der Waals surface area contributed by atoms with Crippen LogP contribution < -0.4 is 15.2 Å². The van der Waals surface area contributed by atoms with E-state index in [0.717, 1.165) is 11.3 Å². The first kappa shape index (κ1) is 23.1. The summed E-state index contributed by atoms with van der Waals surface area (Å²) in [5.41, 5.74) is 7.65. The van der Waals surface area contributed by atoms with Crippen molar-refractivity contribution in [2.75, 3.05) is 11.3 Å². The van der Waals surface area contributed by atoms with E-state index in [0.29, 0.717) is 59.4 Å². The molecule has 1 atom stereocenters. The monoisotopic (exact) mass is 488 g/mol. The van der Waals surface area contributed by atoms with E-state index >= 15 is 0 Å². The van der Waals surface area contributed by atoms with Crippen molar-refractivity contribution in [3.63, 3.8) is 0 Å². The molecule has 0 bridgehead atoms. The van der Waals surface area contributed by atoms with Gasteiger partial charge in [0.25, 0.3) is 5.91 Å². The molecule has 10 nitrogen and oxygen atoms in total. The second kappa shape index (κ2) is 9.40. The Kier molecular flexibility index (Phi) is 6.56. The van der Waals surface area contributed by atoms with Crippen LogP contribution in [0.4, 0.5) is 5.69 Å². The lowest BCUT2D eigenvalue weighted by Crippen LogP contribution is -2.17. The molecule has 33 heavy (non-hydrogen) atoms. The third-order valence-electron chi connectivity index (χ3n) is 5.10. The first-order chi connectivity index (χ1) is 15.8. The number of hydrogen-bond acceptors (Lipinski definition) is 9. The van der Waals surface area contributed by atoms with Gasteiger partial charge in [0.05, 0.1) is 46.2 Å². The third kappa shape index (κ3) is 5.11. The number of pyridine rings is 1. The molecule has 1 aliphatic rings. The Morgan fingerprint density at radius 2 is 2.09 bits per heavy atom. The van der Waals surface area contributed by atoms with Crippen molar-refractivity contribution in [2.45, 2.75) is 44.3 Å². The first-order valence-electron chi connectivity index (χ1n) is 10.6. The van der Waals surface area contributed by atoms with Crippen molar-refractivity contribution in [1.82, 2.24) is 19.9 Å². The maximum absolute atomic E-state index is 12.4. The Hall–Kier alpha value is -3.12. The largest absolute Gasteiger partial charge is 0.477 e. The lowest BCUT2D eigenvalue weighted by Gasteiger charge is -2.16. The average Bonchev–Trinajstić information content (AvgIpc) is 3.56.